The topological polar surface area (TPSA) is 63.3 Å². The molecule has 3 nitrogen and oxygen atoms in total. The lowest BCUT2D eigenvalue weighted by atomic mass is 9.80. The molecule has 3 heteroatoms. The van der Waals surface area contributed by atoms with Gasteiger partial charge in [0, 0.05) is 5.54 Å². The fraction of sp³-hybridized carbons (Fsp3) is 0.917. The first kappa shape index (κ1) is 12.5. The van der Waals surface area contributed by atoms with E-state index in [2.05, 4.69) is 13.8 Å². The van der Waals surface area contributed by atoms with Gasteiger partial charge in [-0.2, -0.15) is 0 Å². The zero-order chi connectivity index (χ0) is 11.5. The van der Waals surface area contributed by atoms with Crippen molar-refractivity contribution in [2.75, 3.05) is 0 Å². The molecule has 0 aliphatic heterocycles. The number of rotatable bonds is 7. The Balaban J connectivity index is 2.52. The maximum atomic E-state index is 10.8. The molecule has 3 N–H and O–H groups in total. The van der Waals surface area contributed by atoms with E-state index in [1.54, 1.807) is 0 Å². The molecule has 0 radical (unpaired) electrons. The Bertz CT molecular complexity index is 226. The second kappa shape index (κ2) is 4.97. The number of carboxylic acid groups (broad SMARTS) is 1. The minimum Gasteiger partial charge on any atom is -0.481 e. The average Bonchev–Trinajstić information content (AvgIpc) is 2.83. The Morgan fingerprint density at radius 2 is 2.20 bits per heavy atom. The molecular formula is C12H23NO2. The van der Waals surface area contributed by atoms with Crippen LogP contribution in [0.2, 0.25) is 0 Å². The first-order chi connectivity index (χ1) is 6.98. The molecule has 0 aromatic heterocycles. The molecule has 0 spiro atoms. The van der Waals surface area contributed by atoms with Gasteiger partial charge in [-0.3, -0.25) is 4.79 Å². The van der Waals surface area contributed by atoms with Gasteiger partial charge in [0.1, 0.15) is 0 Å². The molecule has 0 heterocycles. The van der Waals surface area contributed by atoms with Gasteiger partial charge < -0.3 is 10.8 Å². The van der Waals surface area contributed by atoms with E-state index >= 15 is 0 Å². The first-order valence-corrected chi connectivity index (χ1v) is 5.98. The second-order valence-electron chi connectivity index (χ2n) is 5.18. The third-order valence-electron chi connectivity index (χ3n) is 3.38. The second-order valence-corrected chi connectivity index (χ2v) is 5.18. The molecule has 0 bridgehead atoms. The van der Waals surface area contributed by atoms with Crippen molar-refractivity contribution in [3.05, 3.63) is 0 Å². The summed E-state index contributed by atoms with van der Waals surface area (Å²) >= 11 is 0. The predicted octanol–water partition coefficient (Wildman–Crippen LogP) is 2.39. The van der Waals surface area contributed by atoms with Gasteiger partial charge in [0.25, 0.3) is 0 Å². The van der Waals surface area contributed by atoms with E-state index in [4.69, 9.17) is 10.8 Å². The number of hydrogen-bond donors (Lipinski definition) is 2. The molecule has 0 aromatic carbocycles. The Labute approximate surface area is 92.0 Å². The number of carboxylic acids is 1. The average molecular weight is 213 g/mol. The van der Waals surface area contributed by atoms with Crippen LogP contribution in [0.3, 0.4) is 0 Å². The third kappa shape index (κ3) is 3.82. The Hall–Kier alpha value is -0.570. The third-order valence-corrected chi connectivity index (χ3v) is 3.38. The number of carbonyl (C=O) groups is 1. The molecule has 1 fully saturated rings. The number of hydrogen-bond acceptors (Lipinski definition) is 2. The fourth-order valence-electron chi connectivity index (χ4n) is 2.57. The maximum Gasteiger partial charge on any atom is 0.305 e. The Morgan fingerprint density at radius 3 is 2.60 bits per heavy atom. The number of aliphatic carboxylic acids is 1. The first-order valence-electron chi connectivity index (χ1n) is 5.98. The summed E-state index contributed by atoms with van der Waals surface area (Å²) in [6.07, 6.45) is 5.51. The van der Waals surface area contributed by atoms with Crippen molar-refractivity contribution in [3.63, 3.8) is 0 Å². The van der Waals surface area contributed by atoms with Crippen LogP contribution in [0, 0.1) is 11.8 Å². The van der Waals surface area contributed by atoms with Crippen LogP contribution in [0.4, 0.5) is 0 Å². The molecule has 15 heavy (non-hydrogen) atoms. The van der Waals surface area contributed by atoms with Crippen molar-refractivity contribution >= 4 is 5.97 Å². The van der Waals surface area contributed by atoms with Crippen molar-refractivity contribution in [1.82, 2.24) is 0 Å². The molecule has 88 valence electrons. The molecule has 0 unspecified atom stereocenters. The Morgan fingerprint density at radius 1 is 1.60 bits per heavy atom. The highest BCUT2D eigenvalue weighted by molar-refractivity contribution is 5.68. The van der Waals surface area contributed by atoms with Gasteiger partial charge in [0.15, 0.2) is 0 Å². The summed E-state index contributed by atoms with van der Waals surface area (Å²) in [4.78, 5) is 10.8. The quantitative estimate of drug-likeness (QED) is 0.682. The monoisotopic (exact) mass is 213 g/mol. The van der Waals surface area contributed by atoms with Crippen molar-refractivity contribution in [1.29, 1.82) is 0 Å². The summed E-state index contributed by atoms with van der Waals surface area (Å²) in [7, 11) is 0. The van der Waals surface area contributed by atoms with Crippen molar-refractivity contribution in [2.45, 2.75) is 57.9 Å². The summed E-state index contributed by atoms with van der Waals surface area (Å²) in [5.74, 6) is 0.237. The highest BCUT2D eigenvalue weighted by Gasteiger charge is 2.43. The zero-order valence-corrected chi connectivity index (χ0v) is 9.83. The highest BCUT2D eigenvalue weighted by Crippen LogP contribution is 2.43. The van der Waals surface area contributed by atoms with E-state index < -0.39 is 11.5 Å². The normalized spacial score (nSPS) is 22.1. The van der Waals surface area contributed by atoms with Crippen LogP contribution in [0.25, 0.3) is 0 Å². The minimum absolute atomic E-state index is 0.131. The molecule has 1 saturated carbocycles. The molecule has 0 saturated heterocycles. The van der Waals surface area contributed by atoms with Crippen LogP contribution in [0.15, 0.2) is 0 Å². The van der Waals surface area contributed by atoms with E-state index in [9.17, 15) is 4.79 Å². The Kier molecular flexibility index (Phi) is 4.14. The fourth-order valence-corrected chi connectivity index (χ4v) is 2.57. The highest BCUT2D eigenvalue weighted by atomic mass is 16.4. The molecule has 1 aliphatic rings. The molecule has 0 aromatic rings. The van der Waals surface area contributed by atoms with Gasteiger partial charge in [-0.25, -0.2) is 0 Å². The van der Waals surface area contributed by atoms with Gasteiger partial charge in [0.2, 0.25) is 0 Å². The van der Waals surface area contributed by atoms with E-state index in [0.717, 1.165) is 32.1 Å². The maximum absolute atomic E-state index is 10.8. The van der Waals surface area contributed by atoms with E-state index in [0.29, 0.717) is 11.8 Å². The summed E-state index contributed by atoms with van der Waals surface area (Å²) in [5.41, 5.74) is 5.81. The lowest BCUT2D eigenvalue weighted by Crippen LogP contribution is -2.45. The summed E-state index contributed by atoms with van der Waals surface area (Å²) in [5, 5.41) is 8.89. The van der Waals surface area contributed by atoms with Crippen LogP contribution in [-0.4, -0.2) is 16.6 Å². The summed E-state index contributed by atoms with van der Waals surface area (Å²) in [6.45, 7) is 4.33. The largest absolute Gasteiger partial charge is 0.481 e. The van der Waals surface area contributed by atoms with Crippen LogP contribution in [0.5, 0.6) is 0 Å². The predicted molar refractivity (Wildman–Crippen MR) is 60.6 cm³/mol. The molecule has 1 aliphatic carbocycles. The van der Waals surface area contributed by atoms with E-state index in [-0.39, 0.29) is 6.42 Å². The van der Waals surface area contributed by atoms with Gasteiger partial charge in [-0.1, -0.05) is 26.7 Å². The lowest BCUT2D eigenvalue weighted by Gasteiger charge is -2.31. The smallest absolute Gasteiger partial charge is 0.305 e. The molecule has 1 rings (SSSR count). The SMILES string of the molecule is CCC[C@@H](C)C[C@](N)(CC(=O)O)C1CC1. The summed E-state index contributed by atoms with van der Waals surface area (Å²) in [6, 6.07) is 0. The molecule has 2 atom stereocenters. The van der Waals surface area contributed by atoms with Gasteiger partial charge in [-0.15, -0.1) is 0 Å². The van der Waals surface area contributed by atoms with Crippen molar-refractivity contribution in [3.8, 4) is 0 Å². The molecule has 0 amide bonds. The minimum atomic E-state index is -0.756. The van der Waals surface area contributed by atoms with E-state index in [1.807, 2.05) is 0 Å². The van der Waals surface area contributed by atoms with Gasteiger partial charge in [0.05, 0.1) is 6.42 Å². The van der Waals surface area contributed by atoms with Crippen molar-refractivity contribution in [2.24, 2.45) is 17.6 Å². The number of nitrogens with two attached hydrogens (primary N) is 1. The zero-order valence-electron chi connectivity index (χ0n) is 9.83. The van der Waals surface area contributed by atoms with Crippen LogP contribution in [0.1, 0.15) is 52.4 Å². The van der Waals surface area contributed by atoms with Crippen LogP contribution in [-0.2, 0) is 4.79 Å². The van der Waals surface area contributed by atoms with Crippen LogP contribution >= 0.6 is 0 Å². The van der Waals surface area contributed by atoms with Gasteiger partial charge in [-0.05, 0) is 31.1 Å². The summed E-state index contributed by atoms with van der Waals surface area (Å²) < 4.78 is 0. The lowest BCUT2D eigenvalue weighted by molar-refractivity contribution is -0.138. The molecular weight excluding hydrogens is 190 g/mol. The van der Waals surface area contributed by atoms with Gasteiger partial charge >= 0.3 is 5.97 Å². The standard InChI is InChI=1S/C12H23NO2/c1-3-4-9(2)7-12(13,8-11(14)15)10-5-6-10/h9-10H,3-8,13H2,1-2H3,(H,14,15)/t9-,12+/m1/s1. The van der Waals surface area contributed by atoms with Crippen LogP contribution < -0.4 is 5.73 Å². The van der Waals surface area contributed by atoms with E-state index in [1.165, 1.54) is 0 Å². The van der Waals surface area contributed by atoms with Crippen molar-refractivity contribution < 1.29 is 9.90 Å².